The molecule has 0 bridgehead atoms. The minimum absolute atomic E-state index is 0.819. The Morgan fingerprint density at radius 2 is 1.50 bits per heavy atom. The van der Waals surface area contributed by atoms with Crippen molar-refractivity contribution in [1.82, 2.24) is 0 Å². The van der Waals surface area contributed by atoms with Gasteiger partial charge in [-0.1, -0.05) is 82.8 Å². The molecule has 0 spiro atoms. The Morgan fingerprint density at radius 1 is 0.800 bits per heavy atom. The maximum atomic E-state index is 4.73. The van der Waals surface area contributed by atoms with Crippen LogP contribution >= 0.6 is 0 Å². The zero-order chi connectivity index (χ0) is 21.2. The summed E-state index contributed by atoms with van der Waals surface area (Å²) in [5.41, 5.74) is 3.33. The van der Waals surface area contributed by atoms with Gasteiger partial charge >= 0.3 is 0 Å². The summed E-state index contributed by atoms with van der Waals surface area (Å²) in [5.74, 6) is 4.39. The Kier molecular flexibility index (Phi) is 10.3. The summed E-state index contributed by atoms with van der Waals surface area (Å²) in [6.07, 6.45) is 31.4. The van der Waals surface area contributed by atoms with Crippen molar-refractivity contribution in [3.05, 3.63) is 36.0 Å². The van der Waals surface area contributed by atoms with Crippen LogP contribution in [-0.4, -0.2) is 0 Å². The summed E-state index contributed by atoms with van der Waals surface area (Å²) in [6, 6.07) is 0. The van der Waals surface area contributed by atoms with E-state index in [2.05, 4.69) is 32.1 Å². The standard InChI is InChI=1S/C30H50/c1-4-6-13-27(28-14-8-7-9-15-28)17-12-18-29-16-10-11-19-30(29)24(3)26-22-20-25(5-2)21-23-26/h6,13,17,25-26,28-30H,3-5,7-12,14-16,18-23H2,1-2H3/b13-6+,27-17-. The van der Waals surface area contributed by atoms with Crippen molar-refractivity contribution < 1.29 is 0 Å². The Balaban J connectivity index is 1.56. The fourth-order valence-corrected chi connectivity index (χ4v) is 6.81. The van der Waals surface area contributed by atoms with E-state index in [0.29, 0.717) is 0 Å². The van der Waals surface area contributed by atoms with E-state index in [1.807, 2.05) is 0 Å². The van der Waals surface area contributed by atoms with Crippen LogP contribution in [0, 0.1) is 29.6 Å². The van der Waals surface area contributed by atoms with E-state index < -0.39 is 0 Å². The minimum atomic E-state index is 0.819. The second-order valence-corrected chi connectivity index (χ2v) is 10.8. The number of allylic oxidation sites excluding steroid dienone is 5. The number of hydrogen-bond donors (Lipinski definition) is 0. The molecule has 0 aromatic rings. The molecule has 3 aliphatic rings. The second kappa shape index (κ2) is 12.9. The van der Waals surface area contributed by atoms with E-state index in [0.717, 1.165) is 36.0 Å². The zero-order valence-electron chi connectivity index (χ0n) is 20.3. The lowest BCUT2D eigenvalue weighted by atomic mass is 9.67. The number of hydrogen-bond acceptors (Lipinski definition) is 0. The molecule has 3 fully saturated rings. The Hall–Kier alpha value is -0.780. The third kappa shape index (κ3) is 6.86. The van der Waals surface area contributed by atoms with Crippen LogP contribution in [0.1, 0.15) is 123 Å². The SMILES string of the molecule is C=C(C1CCC(CC)CC1)C1CCCCC1CC/C=C(/C=C/CC)C1CCCCC1. The first-order valence-electron chi connectivity index (χ1n) is 13.8. The van der Waals surface area contributed by atoms with Crippen molar-refractivity contribution in [1.29, 1.82) is 0 Å². The van der Waals surface area contributed by atoms with E-state index in [4.69, 9.17) is 6.58 Å². The van der Waals surface area contributed by atoms with Crippen molar-refractivity contribution in [3.63, 3.8) is 0 Å². The molecular formula is C30H50. The van der Waals surface area contributed by atoms with Crippen LogP contribution < -0.4 is 0 Å². The molecule has 0 heteroatoms. The molecule has 0 aliphatic heterocycles. The summed E-state index contributed by atoms with van der Waals surface area (Å²) in [7, 11) is 0. The molecule has 0 radical (unpaired) electrons. The minimum Gasteiger partial charge on any atom is -0.0993 e. The predicted octanol–water partition coefficient (Wildman–Crippen LogP) is 9.82. The fraction of sp³-hybridized carbons (Fsp3) is 0.800. The topological polar surface area (TPSA) is 0 Å². The molecule has 0 N–H and O–H groups in total. The van der Waals surface area contributed by atoms with E-state index in [-0.39, 0.29) is 0 Å². The van der Waals surface area contributed by atoms with Gasteiger partial charge in [-0.05, 0) is 106 Å². The lowest BCUT2D eigenvalue weighted by Crippen LogP contribution is -2.26. The molecule has 3 rings (SSSR count). The van der Waals surface area contributed by atoms with Gasteiger partial charge in [0, 0.05) is 0 Å². The van der Waals surface area contributed by atoms with Crippen molar-refractivity contribution in [2.45, 2.75) is 123 Å². The first-order valence-corrected chi connectivity index (χ1v) is 13.8. The Morgan fingerprint density at radius 3 is 2.20 bits per heavy atom. The van der Waals surface area contributed by atoms with Gasteiger partial charge in [-0.3, -0.25) is 0 Å². The molecule has 30 heavy (non-hydrogen) atoms. The molecule has 0 aromatic heterocycles. The average molecular weight is 411 g/mol. The van der Waals surface area contributed by atoms with Gasteiger partial charge in [0.2, 0.25) is 0 Å². The van der Waals surface area contributed by atoms with Crippen LogP contribution in [0.15, 0.2) is 36.0 Å². The summed E-state index contributed by atoms with van der Waals surface area (Å²) in [5, 5.41) is 0. The number of rotatable bonds is 9. The van der Waals surface area contributed by atoms with Crippen LogP contribution in [0.5, 0.6) is 0 Å². The van der Waals surface area contributed by atoms with Crippen molar-refractivity contribution in [2.75, 3.05) is 0 Å². The molecule has 0 heterocycles. The average Bonchev–Trinajstić information content (AvgIpc) is 2.81. The maximum Gasteiger partial charge on any atom is -0.0165 e. The van der Waals surface area contributed by atoms with Gasteiger partial charge in [0.1, 0.15) is 0 Å². The van der Waals surface area contributed by atoms with Gasteiger partial charge in [0.05, 0.1) is 0 Å². The largest absolute Gasteiger partial charge is 0.0993 e. The van der Waals surface area contributed by atoms with E-state index >= 15 is 0 Å². The molecule has 170 valence electrons. The van der Waals surface area contributed by atoms with E-state index in [1.165, 1.54) is 103 Å². The van der Waals surface area contributed by atoms with Crippen molar-refractivity contribution in [2.24, 2.45) is 29.6 Å². The van der Waals surface area contributed by atoms with Gasteiger partial charge < -0.3 is 0 Å². The first-order chi connectivity index (χ1) is 14.7. The molecule has 0 nitrogen and oxygen atoms in total. The highest BCUT2D eigenvalue weighted by molar-refractivity contribution is 5.22. The normalized spacial score (nSPS) is 31.9. The molecule has 0 saturated heterocycles. The molecule has 2 unspecified atom stereocenters. The molecular weight excluding hydrogens is 360 g/mol. The molecule has 0 aromatic carbocycles. The van der Waals surface area contributed by atoms with Crippen LogP contribution in [0.3, 0.4) is 0 Å². The van der Waals surface area contributed by atoms with Gasteiger partial charge in [-0.15, -0.1) is 0 Å². The molecule has 2 atom stereocenters. The van der Waals surface area contributed by atoms with Gasteiger partial charge in [0.15, 0.2) is 0 Å². The highest BCUT2D eigenvalue weighted by Crippen LogP contribution is 2.44. The Bertz CT molecular complexity index is 551. The first kappa shape index (κ1) is 23.9. The van der Waals surface area contributed by atoms with Crippen molar-refractivity contribution in [3.8, 4) is 0 Å². The van der Waals surface area contributed by atoms with Gasteiger partial charge in [-0.2, -0.15) is 0 Å². The lowest BCUT2D eigenvalue weighted by Gasteiger charge is -2.38. The summed E-state index contributed by atoms with van der Waals surface area (Å²) >= 11 is 0. The Labute approximate surface area is 188 Å². The summed E-state index contributed by atoms with van der Waals surface area (Å²) < 4.78 is 0. The quantitative estimate of drug-likeness (QED) is 0.262. The van der Waals surface area contributed by atoms with Crippen LogP contribution in [0.4, 0.5) is 0 Å². The van der Waals surface area contributed by atoms with Crippen LogP contribution in [0.25, 0.3) is 0 Å². The summed E-state index contributed by atoms with van der Waals surface area (Å²) in [6.45, 7) is 9.38. The van der Waals surface area contributed by atoms with E-state index in [1.54, 1.807) is 11.1 Å². The van der Waals surface area contributed by atoms with E-state index in [9.17, 15) is 0 Å². The fourth-order valence-electron chi connectivity index (χ4n) is 6.81. The second-order valence-electron chi connectivity index (χ2n) is 10.8. The molecule has 3 aliphatic carbocycles. The predicted molar refractivity (Wildman–Crippen MR) is 134 cm³/mol. The van der Waals surface area contributed by atoms with Crippen molar-refractivity contribution >= 4 is 0 Å². The molecule has 0 amide bonds. The highest BCUT2D eigenvalue weighted by atomic mass is 14.4. The van der Waals surface area contributed by atoms with Crippen LogP contribution in [-0.2, 0) is 0 Å². The lowest BCUT2D eigenvalue weighted by molar-refractivity contribution is 0.217. The highest BCUT2D eigenvalue weighted by Gasteiger charge is 2.32. The molecule has 3 saturated carbocycles. The summed E-state index contributed by atoms with van der Waals surface area (Å²) in [4.78, 5) is 0. The third-order valence-corrected chi connectivity index (χ3v) is 8.87. The van der Waals surface area contributed by atoms with Crippen LogP contribution in [0.2, 0.25) is 0 Å². The maximum absolute atomic E-state index is 4.73. The van der Waals surface area contributed by atoms with Gasteiger partial charge in [-0.25, -0.2) is 0 Å². The smallest absolute Gasteiger partial charge is 0.0165 e. The zero-order valence-corrected chi connectivity index (χ0v) is 20.3. The third-order valence-electron chi connectivity index (χ3n) is 8.87. The monoisotopic (exact) mass is 410 g/mol. The van der Waals surface area contributed by atoms with Gasteiger partial charge in [0.25, 0.3) is 0 Å².